The molecular weight excluding hydrogens is 336 g/mol. The number of aliphatic hydroxyl groups excluding tert-OH is 2. The third kappa shape index (κ3) is 4.22. The average Bonchev–Trinajstić information content (AvgIpc) is 2.70. The molecular formula is C20H22O6. The van der Waals surface area contributed by atoms with Crippen LogP contribution in [-0.2, 0) is 13.2 Å². The summed E-state index contributed by atoms with van der Waals surface area (Å²) in [5.41, 5.74) is 2.41. The van der Waals surface area contributed by atoms with Crippen LogP contribution in [0.25, 0.3) is 6.08 Å². The molecule has 6 heteroatoms. The Bertz CT molecular complexity index is 785. The molecule has 0 aliphatic carbocycles. The summed E-state index contributed by atoms with van der Waals surface area (Å²) in [5, 5.41) is 18.6. The van der Waals surface area contributed by atoms with Gasteiger partial charge in [0.05, 0.1) is 34.5 Å². The summed E-state index contributed by atoms with van der Waals surface area (Å²) in [6.07, 6.45) is 3.07. The largest absolute Gasteiger partial charge is 0.493 e. The SMILES string of the molecule is COc1cc(C(=O)/C=C/c2ccc(CO)c(CO)c2)cc(OC)c1OC. The fourth-order valence-corrected chi connectivity index (χ4v) is 2.54. The van der Waals surface area contributed by atoms with Crippen LogP contribution in [0.2, 0.25) is 0 Å². The summed E-state index contributed by atoms with van der Waals surface area (Å²) in [5.74, 6) is 0.987. The number of carbonyl (C=O) groups is 1. The average molecular weight is 358 g/mol. The van der Waals surface area contributed by atoms with Crippen LogP contribution in [-0.4, -0.2) is 37.3 Å². The van der Waals surface area contributed by atoms with Gasteiger partial charge in [0.15, 0.2) is 17.3 Å². The van der Waals surface area contributed by atoms with Crippen molar-refractivity contribution in [3.63, 3.8) is 0 Å². The number of rotatable bonds is 8. The quantitative estimate of drug-likeness (QED) is 0.557. The van der Waals surface area contributed by atoms with E-state index >= 15 is 0 Å². The van der Waals surface area contributed by atoms with Crippen molar-refractivity contribution in [1.82, 2.24) is 0 Å². The molecule has 0 amide bonds. The lowest BCUT2D eigenvalue weighted by Gasteiger charge is -2.13. The van der Waals surface area contributed by atoms with E-state index in [1.807, 2.05) is 0 Å². The van der Waals surface area contributed by atoms with Gasteiger partial charge in [0.2, 0.25) is 5.75 Å². The van der Waals surface area contributed by atoms with Crippen LogP contribution < -0.4 is 14.2 Å². The van der Waals surface area contributed by atoms with Gasteiger partial charge in [-0.15, -0.1) is 0 Å². The van der Waals surface area contributed by atoms with Crippen molar-refractivity contribution < 1.29 is 29.2 Å². The van der Waals surface area contributed by atoms with Crippen molar-refractivity contribution in [1.29, 1.82) is 0 Å². The minimum atomic E-state index is -0.235. The number of hydrogen-bond acceptors (Lipinski definition) is 6. The van der Waals surface area contributed by atoms with Gasteiger partial charge in [0.25, 0.3) is 0 Å². The summed E-state index contributed by atoms with van der Waals surface area (Å²) < 4.78 is 15.8. The Morgan fingerprint density at radius 3 is 2.04 bits per heavy atom. The Morgan fingerprint density at radius 1 is 0.923 bits per heavy atom. The van der Waals surface area contributed by atoms with E-state index in [1.165, 1.54) is 27.4 Å². The van der Waals surface area contributed by atoms with E-state index in [1.54, 1.807) is 36.4 Å². The number of methoxy groups -OCH3 is 3. The van der Waals surface area contributed by atoms with Gasteiger partial charge in [-0.25, -0.2) is 0 Å². The first-order chi connectivity index (χ1) is 12.6. The van der Waals surface area contributed by atoms with E-state index in [0.29, 0.717) is 33.9 Å². The molecule has 0 aromatic heterocycles. The maximum atomic E-state index is 12.5. The van der Waals surface area contributed by atoms with E-state index in [0.717, 1.165) is 5.56 Å². The topological polar surface area (TPSA) is 85.2 Å². The molecule has 0 heterocycles. The van der Waals surface area contributed by atoms with Crippen LogP contribution in [0, 0.1) is 0 Å². The van der Waals surface area contributed by atoms with E-state index in [2.05, 4.69) is 0 Å². The second-order valence-electron chi connectivity index (χ2n) is 5.46. The lowest BCUT2D eigenvalue weighted by molar-refractivity contribution is 0.104. The first-order valence-electron chi connectivity index (χ1n) is 7.93. The van der Waals surface area contributed by atoms with Crippen molar-refractivity contribution in [3.05, 3.63) is 58.7 Å². The van der Waals surface area contributed by atoms with E-state index in [9.17, 15) is 15.0 Å². The molecule has 0 saturated heterocycles. The fraction of sp³-hybridized carbons (Fsp3) is 0.250. The van der Waals surface area contributed by atoms with Crippen molar-refractivity contribution in [2.75, 3.05) is 21.3 Å². The molecule has 0 atom stereocenters. The van der Waals surface area contributed by atoms with Gasteiger partial charge in [0.1, 0.15) is 0 Å². The summed E-state index contributed by atoms with van der Waals surface area (Å²) in [4.78, 5) is 12.5. The molecule has 6 nitrogen and oxygen atoms in total. The molecule has 2 rings (SSSR count). The monoisotopic (exact) mass is 358 g/mol. The lowest BCUT2D eigenvalue weighted by Crippen LogP contribution is -2.00. The molecule has 0 aliphatic rings. The Morgan fingerprint density at radius 2 is 1.54 bits per heavy atom. The van der Waals surface area contributed by atoms with Gasteiger partial charge < -0.3 is 24.4 Å². The second kappa shape index (κ2) is 9.03. The molecule has 26 heavy (non-hydrogen) atoms. The van der Waals surface area contributed by atoms with Crippen LogP contribution in [0.5, 0.6) is 17.2 Å². The van der Waals surface area contributed by atoms with Crippen molar-refractivity contribution in [3.8, 4) is 17.2 Å². The van der Waals surface area contributed by atoms with Crippen molar-refractivity contribution in [2.45, 2.75) is 13.2 Å². The van der Waals surface area contributed by atoms with Gasteiger partial charge in [-0.05, 0) is 41.0 Å². The van der Waals surface area contributed by atoms with Crippen LogP contribution in [0.1, 0.15) is 27.0 Å². The number of carbonyl (C=O) groups excluding carboxylic acids is 1. The van der Waals surface area contributed by atoms with Gasteiger partial charge in [-0.3, -0.25) is 4.79 Å². The number of aliphatic hydroxyl groups is 2. The molecule has 0 unspecified atom stereocenters. The highest BCUT2D eigenvalue weighted by Crippen LogP contribution is 2.38. The summed E-state index contributed by atoms with van der Waals surface area (Å²) in [7, 11) is 4.47. The van der Waals surface area contributed by atoms with Crippen LogP contribution >= 0.6 is 0 Å². The zero-order valence-corrected chi connectivity index (χ0v) is 15.0. The third-order valence-corrected chi connectivity index (χ3v) is 3.95. The lowest BCUT2D eigenvalue weighted by atomic mass is 10.0. The maximum absolute atomic E-state index is 12.5. The minimum Gasteiger partial charge on any atom is -0.493 e. The van der Waals surface area contributed by atoms with Crippen LogP contribution in [0.4, 0.5) is 0 Å². The highest BCUT2D eigenvalue weighted by atomic mass is 16.5. The minimum absolute atomic E-state index is 0.149. The number of benzene rings is 2. The standard InChI is InChI=1S/C20H22O6/c1-24-18-9-15(10-19(25-2)20(18)26-3)17(23)7-5-13-4-6-14(11-21)16(8-13)12-22/h4-10,21-22H,11-12H2,1-3H3/b7-5+. The molecule has 0 aliphatic heterocycles. The van der Waals surface area contributed by atoms with Crippen molar-refractivity contribution in [2.24, 2.45) is 0 Å². The highest BCUT2D eigenvalue weighted by Gasteiger charge is 2.15. The molecule has 2 aromatic carbocycles. The zero-order chi connectivity index (χ0) is 19.1. The van der Waals surface area contributed by atoms with Crippen LogP contribution in [0.15, 0.2) is 36.4 Å². The van der Waals surface area contributed by atoms with Crippen LogP contribution in [0.3, 0.4) is 0 Å². The highest BCUT2D eigenvalue weighted by molar-refractivity contribution is 6.07. The Kier molecular flexibility index (Phi) is 6.77. The fourth-order valence-electron chi connectivity index (χ4n) is 2.54. The predicted molar refractivity (Wildman–Crippen MR) is 97.8 cm³/mol. The third-order valence-electron chi connectivity index (χ3n) is 3.95. The number of hydrogen-bond donors (Lipinski definition) is 2. The smallest absolute Gasteiger partial charge is 0.203 e. The summed E-state index contributed by atoms with van der Waals surface area (Å²) in [6, 6.07) is 8.38. The Labute approximate surface area is 152 Å². The first-order valence-corrected chi connectivity index (χ1v) is 7.93. The summed E-state index contributed by atoms with van der Waals surface area (Å²) in [6.45, 7) is -0.331. The van der Waals surface area contributed by atoms with E-state index in [-0.39, 0.29) is 19.0 Å². The molecule has 0 bridgehead atoms. The second-order valence-corrected chi connectivity index (χ2v) is 5.46. The molecule has 138 valence electrons. The number of allylic oxidation sites excluding steroid dienone is 1. The maximum Gasteiger partial charge on any atom is 0.203 e. The van der Waals surface area contributed by atoms with Gasteiger partial charge in [-0.2, -0.15) is 0 Å². The number of ketones is 1. The summed E-state index contributed by atoms with van der Waals surface area (Å²) >= 11 is 0. The van der Waals surface area contributed by atoms with Gasteiger partial charge >= 0.3 is 0 Å². The normalized spacial score (nSPS) is 10.8. The first kappa shape index (κ1) is 19.5. The predicted octanol–water partition coefficient (Wildman–Crippen LogP) is 2.59. The van der Waals surface area contributed by atoms with E-state index in [4.69, 9.17) is 14.2 Å². The number of ether oxygens (including phenoxy) is 3. The van der Waals surface area contributed by atoms with Gasteiger partial charge in [-0.1, -0.05) is 18.2 Å². The Hall–Kier alpha value is -2.83. The molecule has 0 spiro atoms. The van der Waals surface area contributed by atoms with E-state index < -0.39 is 0 Å². The molecule has 0 fully saturated rings. The molecule has 0 radical (unpaired) electrons. The molecule has 2 N–H and O–H groups in total. The van der Waals surface area contributed by atoms with Crippen molar-refractivity contribution >= 4 is 11.9 Å². The van der Waals surface area contributed by atoms with Gasteiger partial charge in [0, 0.05) is 5.56 Å². The Balaban J connectivity index is 2.31. The molecule has 0 saturated carbocycles. The molecule has 2 aromatic rings. The zero-order valence-electron chi connectivity index (χ0n) is 15.0.